The predicted molar refractivity (Wildman–Crippen MR) is 111 cm³/mol. The number of nitrogens with one attached hydrogen (secondary N) is 1. The van der Waals surface area contributed by atoms with Gasteiger partial charge in [0, 0.05) is 6.42 Å². The lowest BCUT2D eigenvalue weighted by molar-refractivity contribution is -0.385. The molecule has 2 aromatic rings. The summed E-state index contributed by atoms with van der Waals surface area (Å²) in [6.07, 6.45) is 7.04. The van der Waals surface area contributed by atoms with Gasteiger partial charge in [0.15, 0.2) is 0 Å². The summed E-state index contributed by atoms with van der Waals surface area (Å²) >= 11 is 0. The van der Waals surface area contributed by atoms with E-state index in [1.807, 2.05) is 0 Å². The van der Waals surface area contributed by atoms with Crippen LogP contribution in [0, 0.1) is 27.4 Å². The Bertz CT molecular complexity index is 1080. The fraction of sp³-hybridized carbons (Fsp3) is 0.667. The maximum absolute atomic E-state index is 12.9. The molecule has 4 aliphatic carbocycles. The fourth-order valence-electron chi connectivity index (χ4n) is 6.84. The van der Waals surface area contributed by atoms with Crippen LogP contribution in [0.3, 0.4) is 0 Å². The van der Waals surface area contributed by atoms with Gasteiger partial charge in [0.25, 0.3) is 0 Å². The minimum atomic E-state index is -4.42. The predicted octanol–water partition coefficient (Wildman–Crippen LogP) is 3.85. The number of carbonyl (C=O) groups is 1. The van der Waals surface area contributed by atoms with Gasteiger partial charge in [0.05, 0.1) is 28.5 Å². The molecule has 2 heterocycles. The Hall–Kier alpha value is -2.96. The van der Waals surface area contributed by atoms with Gasteiger partial charge in [-0.1, -0.05) is 0 Å². The first-order chi connectivity index (χ1) is 16.0. The normalized spacial score (nSPS) is 30.0. The highest BCUT2D eigenvalue weighted by atomic mass is 19.4. The Morgan fingerprint density at radius 3 is 2.59 bits per heavy atom. The minimum Gasteiger partial charge on any atom is -0.350 e. The van der Waals surface area contributed by atoms with E-state index in [4.69, 9.17) is 0 Å². The number of hydrogen-bond acceptors (Lipinski definition) is 6. The second-order valence-corrected chi connectivity index (χ2v) is 10.2. The van der Waals surface area contributed by atoms with E-state index in [9.17, 15) is 28.1 Å². The van der Waals surface area contributed by atoms with Crippen LogP contribution in [0.15, 0.2) is 24.8 Å². The number of nitro groups is 1. The summed E-state index contributed by atoms with van der Waals surface area (Å²) < 4.78 is 44.2. The molecule has 2 atom stereocenters. The third-order valence-electron chi connectivity index (χ3n) is 7.36. The molecule has 4 fully saturated rings. The van der Waals surface area contributed by atoms with Crippen LogP contribution in [-0.2, 0) is 21.8 Å². The number of carbonyl (C=O) groups excluding carboxylic acids is 1. The maximum atomic E-state index is 12.9. The number of amides is 1. The van der Waals surface area contributed by atoms with Crippen molar-refractivity contribution in [2.75, 3.05) is 11.9 Å². The maximum Gasteiger partial charge on any atom is 0.411 e. The molecule has 4 bridgehead atoms. The van der Waals surface area contributed by atoms with Gasteiger partial charge < -0.3 is 10.1 Å². The molecule has 6 rings (SSSR count). The standard InChI is InChI=1S/C21H25F3N6O4/c22-21(23,24)12-34-13-28-9-16(7-25-28)27-18(31)6-19-2-14-1-15(3-19)5-20(4-14,11-19)29-10-17(8-26-29)30(32)33/h7-10,14-15H,1-6,11-13H2,(H,27,31). The van der Waals surface area contributed by atoms with Crippen molar-refractivity contribution < 1.29 is 27.6 Å². The molecule has 184 valence electrons. The third-order valence-corrected chi connectivity index (χ3v) is 7.36. The van der Waals surface area contributed by atoms with Crippen molar-refractivity contribution in [3.8, 4) is 0 Å². The van der Waals surface area contributed by atoms with Crippen molar-refractivity contribution in [3.05, 3.63) is 34.9 Å². The smallest absolute Gasteiger partial charge is 0.350 e. The van der Waals surface area contributed by atoms with Crippen LogP contribution in [0.5, 0.6) is 0 Å². The highest BCUT2D eigenvalue weighted by molar-refractivity contribution is 5.90. The van der Waals surface area contributed by atoms with Gasteiger partial charge in [-0.25, -0.2) is 4.68 Å². The highest BCUT2D eigenvalue weighted by Crippen LogP contribution is 2.65. The molecule has 2 unspecified atom stereocenters. The Labute approximate surface area is 192 Å². The van der Waals surface area contributed by atoms with Crippen molar-refractivity contribution in [1.82, 2.24) is 19.6 Å². The molecule has 1 amide bonds. The fourth-order valence-corrected chi connectivity index (χ4v) is 6.84. The van der Waals surface area contributed by atoms with Crippen molar-refractivity contribution in [2.24, 2.45) is 17.3 Å². The molecule has 0 aromatic carbocycles. The molecule has 13 heteroatoms. The van der Waals surface area contributed by atoms with Crippen LogP contribution >= 0.6 is 0 Å². The van der Waals surface area contributed by atoms with Gasteiger partial charge in [0.1, 0.15) is 25.7 Å². The number of nitrogens with zero attached hydrogens (tertiary/aromatic N) is 5. The minimum absolute atomic E-state index is 0.0289. The van der Waals surface area contributed by atoms with E-state index in [0.29, 0.717) is 23.9 Å². The zero-order valence-corrected chi connectivity index (χ0v) is 18.3. The number of anilines is 1. The van der Waals surface area contributed by atoms with E-state index >= 15 is 0 Å². The van der Waals surface area contributed by atoms with Crippen molar-refractivity contribution in [2.45, 2.75) is 63.4 Å². The molecule has 2 aromatic heterocycles. The van der Waals surface area contributed by atoms with Crippen LogP contribution in [0.1, 0.15) is 44.9 Å². The first-order valence-electron chi connectivity index (χ1n) is 11.2. The zero-order valence-electron chi connectivity index (χ0n) is 18.3. The van der Waals surface area contributed by atoms with Crippen molar-refractivity contribution in [3.63, 3.8) is 0 Å². The van der Waals surface area contributed by atoms with E-state index in [2.05, 4.69) is 20.3 Å². The second kappa shape index (κ2) is 8.07. The number of halogens is 3. The van der Waals surface area contributed by atoms with Gasteiger partial charge in [-0.2, -0.15) is 23.4 Å². The van der Waals surface area contributed by atoms with Crippen molar-refractivity contribution in [1.29, 1.82) is 0 Å². The van der Waals surface area contributed by atoms with Gasteiger partial charge in [-0.05, 0) is 55.8 Å². The summed E-state index contributed by atoms with van der Waals surface area (Å²) in [7, 11) is 0. The van der Waals surface area contributed by atoms with Gasteiger partial charge >= 0.3 is 11.9 Å². The molecule has 1 N–H and O–H groups in total. The quantitative estimate of drug-likeness (QED) is 0.451. The van der Waals surface area contributed by atoms with Crippen LogP contribution in [0.2, 0.25) is 0 Å². The summed E-state index contributed by atoms with van der Waals surface area (Å²) in [6, 6.07) is 0. The first kappa shape index (κ1) is 22.8. The van der Waals surface area contributed by atoms with Gasteiger partial charge in [-0.15, -0.1) is 0 Å². The number of rotatable bonds is 8. The van der Waals surface area contributed by atoms with Gasteiger partial charge in [0.2, 0.25) is 5.91 Å². The van der Waals surface area contributed by atoms with Crippen LogP contribution < -0.4 is 5.32 Å². The van der Waals surface area contributed by atoms with Crippen LogP contribution in [-0.4, -0.2) is 43.2 Å². The Kier molecular flexibility index (Phi) is 5.41. The molecule has 0 aliphatic heterocycles. The monoisotopic (exact) mass is 482 g/mol. The van der Waals surface area contributed by atoms with Crippen LogP contribution in [0.4, 0.5) is 24.5 Å². The molecular formula is C21H25F3N6O4. The Balaban J connectivity index is 1.25. The lowest BCUT2D eigenvalue weighted by atomic mass is 9.46. The molecular weight excluding hydrogens is 457 g/mol. The Morgan fingerprint density at radius 1 is 1.21 bits per heavy atom. The molecule has 10 nitrogen and oxygen atoms in total. The lowest BCUT2D eigenvalue weighted by Gasteiger charge is -2.61. The third kappa shape index (κ3) is 4.52. The van der Waals surface area contributed by atoms with E-state index in [0.717, 1.165) is 38.5 Å². The zero-order chi connectivity index (χ0) is 24.1. The summed E-state index contributed by atoms with van der Waals surface area (Å²) in [5.74, 6) is 0.719. The second-order valence-electron chi connectivity index (χ2n) is 10.2. The summed E-state index contributed by atoms with van der Waals surface area (Å²) in [4.78, 5) is 23.7. The number of ether oxygens (including phenoxy) is 1. The molecule has 0 saturated heterocycles. The average Bonchev–Trinajstić information content (AvgIpc) is 3.35. The number of aromatic nitrogens is 4. The molecule has 34 heavy (non-hydrogen) atoms. The first-order valence-corrected chi connectivity index (χ1v) is 11.2. The molecule has 4 aliphatic rings. The van der Waals surface area contributed by atoms with E-state index < -0.39 is 17.7 Å². The SMILES string of the molecule is O=C(CC12CC3CC(C1)CC(n1cc([N+](=O)[O-])cn1)(C3)C2)Nc1cnn(COCC(F)(F)F)c1. The highest BCUT2D eigenvalue weighted by Gasteiger charge is 2.59. The Morgan fingerprint density at radius 2 is 1.94 bits per heavy atom. The summed E-state index contributed by atoms with van der Waals surface area (Å²) in [5.41, 5.74) is -0.151. The topological polar surface area (TPSA) is 117 Å². The summed E-state index contributed by atoms with van der Waals surface area (Å²) in [5, 5.41) is 22.2. The van der Waals surface area contributed by atoms with Crippen LogP contribution in [0.25, 0.3) is 0 Å². The average molecular weight is 482 g/mol. The lowest BCUT2D eigenvalue weighted by Crippen LogP contribution is -2.57. The largest absolute Gasteiger partial charge is 0.411 e. The van der Waals surface area contributed by atoms with E-state index in [1.165, 1.54) is 29.5 Å². The van der Waals surface area contributed by atoms with E-state index in [-0.39, 0.29) is 29.3 Å². The summed E-state index contributed by atoms with van der Waals surface area (Å²) in [6.45, 7) is -1.75. The number of hydrogen-bond donors (Lipinski definition) is 1. The molecule has 4 saturated carbocycles. The molecule has 0 spiro atoms. The van der Waals surface area contributed by atoms with Gasteiger partial charge in [-0.3, -0.25) is 19.6 Å². The van der Waals surface area contributed by atoms with Crippen molar-refractivity contribution >= 4 is 17.3 Å². The number of alkyl halides is 3. The van der Waals surface area contributed by atoms with E-state index in [1.54, 1.807) is 4.68 Å². The molecule has 0 radical (unpaired) electrons.